The molecule has 0 saturated heterocycles. The minimum atomic E-state index is -0.661. The molecule has 3 heteroatoms. The van der Waals surface area contributed by atoms with Crippen LogP contribution in [0.5, 0.6) is 0 Å². The first-order chi connectivity index (χ1) is 34.7. The molecular weight excluding hydrogens is 849 g/mol. The molecule has 1 aromatic heterocycles. The van der Waals surface area contributed by atoms with Crippen molar-refractivity contribution in [2.45, 2.75) is 5.41 Å². The molecule has 0 radical (unpaired) electrons. The summed E-state index contributed by atoms with van der Waals surface area (Å²) in [6.45, 7) is 0. The molecule has 1 unspecified atom stereocenters. The van der Waals surface area contributed by atoms with E-state index in [9.17, 15) is 0 Å². The molecule has 1 aliphatic heterocycles. The third-order valence-electron chi connectivity index (χ3n) is 15.2. The molecule has 0 bridgehead atoms. The Balaban J connectivity index is 0.997. The number of fused-ring (bicyclic) bond motifs is 20. The van der Waals surface area contributed by atoms with Crippen LogP contribution < -0.4 is 9.80 Å². The molecule has 0 amide bonds. The standard InChI is InChI=1S/C67H42N2O/c1-3-19-43(20-4-1)68(45-35-37-49-52-27-11-16-32-63(52)69(44-21-5-2-6-22-44)64-33-17-12-28-53(64)55(49)39-45)46-36-38-61-56(40-46)48-24-8-7-23-47(48)50-25-9-14-30-59(50)67(61)60-31-15-10-26-51(60)57-41-58-54-29-13-18-34-65(54)70-66(58)42-62(57)67/h1-42H. The van der Waals surface area contributed by atoms with Gasteiger partial charge in [-0.15, -0.1) is 0 Å². The highest BCUT2D eigenvalue weighted by Crippen LogP contribution is 2.63. The monoisotopic (exact) mass is 890 g/mol. The lowest BCUT2D eigenvalue weighted by Gasteiger charge is -2.36. The first-order valence-corrected chi connectivity index (χ1v) is 24.2. The van der Waals surface area contributed by atoms with Crippen molar-refractivity contribution in [3.8, 4) is 55.6 Å². The van der Waals surface area contributed by atoms with E-state index in [1.54, 1.807) is 0 Å². The highest BCUT2D eigenvalue weighted by atomic mass is 16.3. The van der Waals surface area contributed by atoms with Crippen LogP contribution >= 0.6 is 0 Å². The summed E-state index contributed by atoms with van der Waals surface area (Å²) in [6.07, 6.45) is 0. The second-order valence-electron chi connectivity index (χ2n) is 18.7. The fraction of sp³-hybridized carbons (Fsp3) is 0.0149. The fourth-order valence-corrected chi connectivity index (χ4v) is 12.4. The zero-order valence-electron chi connectivity index (χ0n) is 38.1. The summed E-state index contributed by atoms with van der Waals surface area (Å²) in [5.74, 6) is 0. The average molecular weight is 891 g/mol. The molecule has 11 aromatic carbocycles. The summed E-state index contributed by atoms with van der Waals surface area (Å²) in [7, 11) is 0. The summed E-state index contributed by atoms with van der Waals surface area (Å²) in [4.78, 5) is 4.85. The number of benzene rings is 11. The van der Waals surface area contributed by atoms with Crippen LogP contribution in [0.4, 0.5) is 34.1 Å². The predicted molar refractivity (Wildman–Crippen MR) is 289 cm³/mol. The minimum absolute atomic E-state index is 0.661. The lowest BCUT2D eigenvalue weighted by molar-refractivity contribution is 0.666. The van der Waals surface area contributed by atoms with Crippen LogP contribution in [0.1, 0.15) is 22.3 Å². The second-order valence-corrected chi connectivity index (χ2v) is 18.7. The highest BCUT2D eigenvalue weighted by Gasteiger charge is 2.50. The topological polar surface area (TPSA) is 19.6 Å². The van der Waals surface area contributed by atoms with Crippen molar-refractivity contribution in [1.82, 2.24) is 0 Å². The van der Waals surface area contributed by atoms with Crippen LogP contribution in [0.3, 0.4) is 0 Å². The van der Waals surface area contributed by atoms with Gasteiger partial charge in [0, 0.05) is 44.6 Å². The van der Waals surface area contributed by atoms with E-state index in [1.165, 1.54) is 77.9 Å². The smallest absolute Gasteiger partial charge is 0.135 e. The van der Waals surface area contributed by atoms with Crippen LogP contribution in [-0.2, 0) is 5.41 Å². The Morgan fingerprint density at radius 3 is 1.49 bits per heavy atom. The number of rotatable bonds is 4. The van der Waals surface area contributed by atoms with E-state index < -0.39 is 5.41 Å². The molecule has 2 aliphatic carbocycles. The quantitative estimate of drug-likeness (QED) is 0.176. The Morgan fingerprint density at radius 2 is 0.771 bits per heavy atom. The van der Waals surface area contributed by atoms with Crippen LogP contribution in [0.2, 0.25) is 0 Å². The van der Waals surface area contributed by atoms with Crippen LogP contribution in [0.15, 0.2) is 259 Å². The summed E-state index contributed by atoms with van der Waals surface area (Å²) in [6, 6.07) is 93.9. The van der Waals surface area contributed by atoms with Gasteiger partial charge in [-0.3, -0.25) is 0 Å². The molecular formula is C67H42N2O. The van der Waals surface area contributed by atoms with Crippen LogP contribution in [0.25, 0.3) is 77.6 Å². The molecule has 1 atom stereocenters. The van der Waals surface area contributed by atoms with Crippen molar-refractivity contribution < 1.29 is 4.42 Å². The summed E-state index contributed by atoms with van der Waals surface area (Å²) < 4.78 is 6.74. The van der Waals surface area contributed by atoms with Gasteiger partial charge in [0.25, 0.3) is 0 Å². The van der Waals surface area contributed by atoms with E-state index in [0.29, 0.717) is 0 Å². The predicted octanol–water partition coefficient (Wildman–Crippen LogP) is 18.2. The number of nitrogens with zero attached hydrogens (tertiary/aromatic N) is 2. The normalized spacial score (nSPS) is 14.6. The van der Waals surface area contributed by atoms with Gasteiger partial charge in [-0.2, -0.15) is 0 Å². The zero-order chi connectivity index (χ0) is 45.9. The van der Waals surface area contributed by atoms with E-state index in [-0.39, 0.29) is 0 Å². The molecule has 15 rings (SSSR count). The van der Waals surface area contributed by atoms with Gasteiger partial charge in [0.1, 0.15) is 11.2 Å². The van der Waals surface area contributed by atoms with Gasteiger partial charge in [-0.25, -0.2) is 0 Å². The van der Waals surface area contributed by atoms with E-state index in [4.69, 9.17) is 4.42 Å². The van der Waals surface area contributed by atoms with Crippen LogP contribution in [0, 0.1) is 0 Å². The largest absolute Gasteiger partial charge is 0.456 e. The molecule has 70 heavy (non-hydrogen) atoms. The highest BCUT2D eigenvalue weighted by molar-refractivity contribution is 6.09. The third-order valence-corrected chi connectivity index (χ3v) is 15.2. The Hall–Kier alpha value is -9.18. The van der Waals surface area contributed by atoms with Crippen molar-refractivity contribution in [1.29, 1.82) is 0 Å². The SMILES string of the molecule is c1ccc(N(c2ccc3c(c2)-c2ccccc2N(c2ccccc2)c2ccccc2-3)c2ccc3c(c2)-c2ccccc2-c2ccccc2C32c3ccccc3-c3cc4c(cc32)oc2ccccc24)cc1. The first-order valence-electron chi connectivity index (χ1n) is 24.2. The van der Waals surface area contributed by atoms with Gasteiger partial charge in [0.05, 0.1) is 16.8 Å². The Labute approximate surface area is 406 Å². The Kier molecular flexibility index (Phi) is 8.28. The molecule has 0 N–H and O–H groups in total. The zero-order valence-corrected chi connectivity index (χ0v) is 38.1. The van der Waals surface area contributed by atoms with E-state index in [1.807, 2.05) is 0 Å². The van der Waals surface area contributed by atoms with Crippen molar-refractivity contribution in [3.63, 3.8) is 0 Å². The van der Waals surface area contributed by atoms with Gasteiger partial charge in [-0.05, 0) is 146 Å². The van der Waals surface area contributed by atoms with Crippen molar-refractivity contribution in [2.75, 3.05) is 9.80 Å². The number of anilines is 6. The maximum atomic E-state index is 6.74. The second kappa shape index (κ2) is 14.9. The fourth-order valence-electron chi connectivity index (χ4n) is 12.4. The van der Waals surface area contributed by atoms with Gasteiger partial charge in [0.2, 0.25) is 0 Å². The van der Waals surface area contributed by atoms with Crippen molar-refractivity contribution in [3.05, 3.63) is 277 Å². The first kappa shape index (κ1) is 38.9. The average Bonchev–Trinajstić information content (AvgIpc) is 3.86. The van der Waals surface area contributed by atoms with Gasteiger partial charge in [0.15, 0.2) is 0 Å². The molecule has 0 fully saturated rings. The third kappa shape index (κ3) is 5.40. The molecule has 3 nitrogen and oxygen atoms in total. The number of furan rings is 1. The van der Waals surface area contributed by atoms with Gasteiger partial charge in [-0.1, -0.05) is 176 Å². The molecule has 3 aliphatic rings. The number of hydrogen-bond donors (Lipinski definition) is 0. The van der Waals surface area contributed by atoms with Crippen molar-refractivity contribution >= 4 is 56.1 Å². The van der Waals surface area contributed by atoms with Crippen LogP contribution in [-0.4, -0.2) is 0 Å². The Morgan fingerprint density at radius 1 is 0.286 bits per heavy atom. The maximum Gasteiger partial charge on any atom is 0.135 e. The molecule has 12 aromatic rings. The van der Waals surface area contributed by atoms with Crippen molar-refractivity contribution in [2.24, 2.45) is 0 Å². The van der Waals surface area contributed by atoms with Gasteiger partial charge < -0.3 is 14.2 Å². The minimum Gasteiger partial charge on any atom is -0.456 e. The van der Waals surface area contributed by atoms with E-state index in [2.05, 4.69) is 265 Å². The lowest BCUT2D eigenvalue weighted by atomic mass is 9.66. The van der Waals surface area contributed by atoms with E-state index in [0.717, 1.165) is 56.1 Å². The maximum absolute atomic E-state index is 6.74. The summed E-state index contributed by atoms with van der Waals surface area (Å²) in [5.41, 5.74) is 25.0. The van der Waals surface area contributed by atoms with E-state index >= 15 is 0 Å². The lowest BCUT2D eigenvalue weighted by Crippen LogP contribution is -2.29. The number of para-hydroxylation sites is 5. The number of hydrogen-bond acceptors (Lipinski definition) is 3. The van der Waals surface area contributed by atoms with Gasteiger partial charge >= 0.3 is 0 Å². The summed E-state index contributed by atoms with van der Waals surface area (Å²) in [5, 5.41) is 2.28. The molecule has 2 heterocycles. The Bertz CT molecular complexity index is 4090. The molecule has 0 saturated carbocycles. The summed E-state index contributed by atoms with van der Waals surface area (Å²) >= 11 is 0. The molecule has 326 valence electrons. The molecule has 1 spiro atoms.